The number of nitrogens with zero attached hydrogens (tertiary/aromatic N) is 2. The van der Waals surface area contributed by atoms with Crippen molar-refractivity contribution >= 4 is 16.9 Å². The summed E-state index contributed by atoms with van der Waals surface area (Å²) >= 11 is 0. The van der Waals surface area contributed by atoms with Gasteiger partial charge in [-0.15, -0.1) is 0 Å². The van der Waals surface area contributed by atoms with E-state index < -0.39 is 23.1 Å². The standard InChI is InChI=1S/C21H16F4N4/c22-18-5-1-4-17(21(23,24)25)16(18)12-28-19-7-6-13(10-27-19)9-14-11-29-20-15(14)3-2-8-26-20/h1-8,10-11H,9,12H2,(H,26,29)(H,27,28). The monoisotopic (exact) mass is 400 g/mol. The zero-order chi connectivity index (χ0) is 20.4. The highest BCUT2D eigenvalue weighted by Crippen LogP contribution is 2.33. The Balaban J connectivity index is 1.47. The Labute approximate surface area is 163 Å². The van der Waals surface area contributed by atoms with E-state index in [4.69, 9.17) is 0 Å². The van der Waals surface area contributed by atoms with Crippen molar-refractivity contribution in [3.63, 3.8) is 0 Å². The first kappa shape index (κ1) is 18.9. The van der Waals surface area contributed by atoms with Crippen LogP contribution in [0, 0.1) is 5.82 Å². The first-order chi connectivity index (χ1) is 13.9. The number of anilines is 1. The summed E-state index contributed by atoms with van der Waals surface area (Å²) in [4.78, 5) is 11.6. The lowest BCUT2D eigenvalue weighted by atomic mass is 10.1. The van der Waals surface area contributed by atoms with Gasteiger partial charge in [-0.25, -0.2) is 14.4 Å². The zero-order valence-electron chi connectivity index (χ0n) is 15.1. The molecule has 0 spiro atoms. The molecule has 8 heteroatoms. The van der Waals surface area contributed by atoms with Gasteiger partial charge in [-0.1, -0.05) is 12.1 Å². The largest absolute Gasteiger partial charge is 0.416 e. The number of hydrogen-bond acceptors (Lipinski definition) is 3. The molecular weight excluding hydrogens is 384 g/mol. The number of aromatic nitrogens is 3. The third-order valence-electron chi connectivity index (χ3n) is 4.63. The van der Waals surface area contributed by atoms with Gasteiger partial charge in [-0.3, -0.25) is 0 Å². The van der Waals surface area contributed by atoms with Gasteiger partial charge in [0.25, 0.3) is 0 Å². The number of aromatic amines is 1. The lowest BCUT2D eigenvalue weighted by Crippen LogP contribution is -2.14. The first-order valence-electron chi connectivity index (χ1n) is 8.86. The number of H-pyrrole nitrogens is 1. The molecule has 4 nitrogen and oxygen atoms in total. The van der Waals surface area contributed by atoms with Crippen LogP contribution in [-0.2, 0) is 19.1 Å². The van der Waals surface area contributed by atoms with Gasteiger partial charge in [0.15, 0.2) is 0 Å². The summed E-state index contributed by atoms with van der Waals surface area (Å²) in [5.74, 6) is -0.539. The van der Waals surface area contributed by atoms with Crippen LogP contribution in [0.3, 0.4) is 0 Å². The van der Waals surface area contributed by atoms with E-state index in [1.807, 2.05) is 24.4 Å². The van der Waals surface area contributed by atoms with E-state index in [1.165, 1.54) is 0 Å². The second-order valence-corrected chi connectivity index (χ2v) is 6.56. The predicted molar refractivity (Wildman–Crippen MR) is 102 cm³/mol. The van der Waals surface area contributed by atoms with Gasteiger partial charge in [-0.05, 0) is 41.5 Å². The smallest absolute Gasteiger partial charge is 0.366 e. The van der Waals surface area contributed by atoms with Crippen molar-refractivity contribution in [2.75, 3.05) is 5.32 Å². The van der Waals surface area contributed by atoms with Crippen molar-refractivity contribution < 1.29 is 17.6 Å². The number of benzene rings is 1. The minimum atomic E-state index is -4.62. The Kier molecular flexibility index (Phi) is 4.92. The fraction of sp³-hybridized carbons (Fsp3) is 0.143. The predicted octanol–water partition coefficient (Wildman–Crippen LogP) is 5.32. The van der Waals surface area contributed by atoms with Crippen LogP contribution in [0.2, 0.25) is 0 Å². The molecule has 148 valence electrons. The molecule has 0 unspecified atom stereocenters. The van der Waals surface area contributed by atoms with Gasteiger partial charge in [0.1, 0.15) is 17.3 Å². The van der Waals surface area contributed by atoms with Gasteiger partial charge in [-0.2, -0.15) is 13.2 Å². The molecule has 0 aliphatic heterocycles. The summed E-state index contributed by atoms with van der Waals surface area (Å²) in [5, 5.41) is 3.78. The molecule has 2 N–H and O–H groups in total. The average molecular weight is 400 g/mol. The molecular formula is C21H16F4N4. The normalized spacial score (nSPS) is 11.7. The number of rotatable bonds is 5. The van der Waals surface area contributed by atoms with E-state index in [0.717, 1.165) is 40.4 Å². The fourth-order valence-corrected chi connectivity index (χ4v) is 3.20. The van der Waals surface area contributed by atoms with E-state index in [-0.39, 0.29) is 6.54 Å². The van der Waals surface area contributed by atoms with Gasteiger partial charge >= 0.3 is 6.18 Å². The van der Waals surface area contributed by atoms with Gasteiger partial charge in [0, 0.05) is 42.5 Å². The maximum absolute atomic E-state index is 13.9. The van der Waals surface area contributed by atoms with E-state index in [1.54, 1.807) is 18.5 Å². The molecule has 0 fully saturated rings. The van der Waals surface area contributed by atoms with Crippen LogP contribution in [0.25, 0.3) is 11.0 Å². The number of halogens is 4. The second-order valence-electron chi connectivity index (χ2n) is 6.56. The topological polar surface area (TPSA) is 53.6 Å². The molecule has 0 aliphatic carbocycles. The van der Waals surface area contributed by atoms with Gasteiger partial charge in [0.05, 0.1) is 5.56 Å². The molecule has 29 heavy (non-hydrogen) atoms. The molecule has 0 saturated heterocycles. The maximum atomic E-state index is 13.9. The molecule has 3 heterocycles. The van der Waals surface area contributed by atoms with E-state index in [0.29, 0.717) is 12.2 Å². The molecule has 3 aromatic heterocycles. The third-order valence-corrected chi connectivity index (χ3v) is 4.63. The minimum absolute atomic E-state index is 0.317. The Bertz CT molecular complexity index is 1130. The van der Waals surface area contributed by atoms with Crippen molar-refractivity contribution in [3.05, 3.63) is 89.1 Å². The average Bonchev–Trinajstić information content (AvgIpc) is 3.10. The summed E-state index contributed by atoms with van der Waals surface area (Å²) in [6.45, 7) is -0.317. The van der Waals surface area contributed by atoms with E-state index in [2.05, 4.69) is 20.3 Å². The highest BCUT2D eigenvalue weighted by Gasteiger charge is 2.34. The van der Waals surface area contributed by atoms with E-state index in [9.17, 15) is 17.6 Å². The Morgan fingerprint density at radius 1 is 1.00 bits per heavy atom. The van der Waals surface area contributed by atoms with Crippen molar-refractivity contribution in [2.24, 2.45) is 0 Å². The number of fused-ring (bicyclic) bond motifs is 1. The minimum Gasteiger partial charge on any atom is -0.366 e. The van der Waals surface area contributed by atoms with Crippen LogP contribution < -0.4 is 5.32 Å². The lowest BCUT2D eigenvalue weighted by Gasteiger charge is -2.14. The van der Waals surface area contributed by atoms with Crippen LogP contribution in [0.5, 0.6) is 0 Å². The van der Waals surface area contributed by atoms with E-state index >= 15 is 0 Å². The van der Waals surface area contributed by atoms with Gasteiger partial charge < -0.3 is 10.3 Å². The second kappa shape index (κ2) is 7.54. The number of pyridine rings is 2. The summed E-state index contributed by atoms with van der Waals surface area (Å²) in [5.41, 5.74) is 1.38. The summed E-state index contributed by atoms with van der Waals surface area (Å²) in [6, 6.07) is 10.3. The van der Waals surface area contributed by atoms with Crippen LogP contribution >= 0.6 is 0 Å². The molecule has 0 bridgehead atoms. The Hall–Kier alpha value is -3.42. The van der Waals surface area contributed by atoms with Crippen molar-refractivity contribution in [2.45, 2.75) is 19.1 Å². The lowest BCUT2D eigenvalue weighted by molar-refractivity contribution is -0.138. The molecule has 4 aromatic rings. The number of hydrogen-bond donors (Lipinski definition) is 2. The van der Waals surface area contributed by atoms with Crippen LogP contribution in [-0.4, -0.2) is 15.0 Å². The summed E-state index contributed by atoms with van der Waals surface area (Å²) in [6.07, 6.45) is 1.25. The zero-order valence-corrected chi connectivity index (χ0v) is 15.1. The summed E-state index contributed by atoms with van der Waals surface area (Å²) < 4.78 is 53.2. The SMILES string of the molecule is Fc1cccc(C(F)(F)F)c1CNc1ccc(Cc2c[nH]c3ncccc23)cn1. The summed E-state index contributed by atoms with van der Waals surface area (Å²) in [7, 11) is 0. The van der Waals surface area contributed by atoms with Crippen LogP contribution in [0.15, 0.2) is 61.1 Å². The maximum Gasteiger partial charge on any atom is 0.416 e. The van der Waals surface area contributed by atoms with Gasteiger partial charge in [0.2, 0.25) is 0 Å². The Morgan fingerprint density at radius 2 is 1.86 bits per heavy atom. The van der Waals surface area contributed by atoms with Crippen molar-refractivity contribution in [1.29, 1.82) is 0 Å². The molecule has 1 aromatic carbocycles. The van der Waals surface area contributed by atoms with Crippen molar-refractivity contribution in [1.82, 2.24) is 15.0 Å². The highest BCUT2D eigenvalue weighted by atomic mass is 19.4. The molecule has 0 radical (unpaired) electrons. The molecule has 0 atom stereocenters. The number of nitrogens with one attached hydrogen (secondary N) is 2. The molecule has 4 rings (SSSR count). The van der Waals surface area contributed by atoms with Crippen LogP contribution in [0.4, 0.5) is 23.4 Å². The molecule has 0 amide bonds. The highest BCUT2D eigenvalue weighted by molar-refractivity contribution is 5.79. The number of alkyl halides is 3. The fourth-order valence-electron chi connectivity index (χ4n) is 3.20. The third kappa shape index (κ3) is 4.06. The van der Waals surface area contributed by atoms with Crippen molar-refractivity contribution in [3.8, 4) is 0 Å². The first-order valence-corrected chi connectivity index (χ1v) is 8.86. The molecule has 0 saturated carbocycles. The quantitative estimate of drug-likeness (QED) is 0.446. The Morgan fingerprint density at radius 3 is 2.62 bits per heavy atom. The van der Waals surface area contributed by atoms with Crippen LogP contribution in [0.1, 0.15) is 22.3 Å². The molecule has 0 aliphatic rings.